The molecule has 2 atom stereocenters. The zero-order valence-electron chi connectivity index (χ0n) is 28.2. The van der Waals surface area contributed by atoms with Crippen molar-refractivity contribution in [3.8, 4) is 33.8 Å². The van der Waals surface area contributed by atoms with Crippen LogP contribution in [-0.2, 0) is 15.6 Å². The molecular formula is C38H35Cl2F6O2SiZr. The summed E-state index contributed by atoms with van der Waals surface area (Å²) in [5.74, 6) is -2.41. The number of fused-ring (bicyclic) bond motifs is 2. The van der Waals surface area contributed by atoms with Crippen molar-refractivity contribution in [2.45, 2.75) is 60.8 Å². The molecule has 4 aromatic rings. The van der Waals surface area contributed by atoms with Crippen LogP contribution in [0.25, 0.3) is 34.4 Å². The maximum absolute atomic E-state index is 12.9. The third-order valence-corrected chi connectivity index (χ3v) is 62.5. The molecule has 263 valence electrons. The van der Waals surface area contributed by atoms with Crippen molar-refractivity contribution < 1.29 is 51.4 Å². The Kier molecular flexibility index (Phi) is 9.41. The van der Waals surface area contributed by atoms with Crippen LogP contribution in [0, 0.1) is 13.8 Å². The Labute approximate surface area is 296 Å². The number of benzene rings is 4. The van der Waals surface area contributed by atoms with Gasteiger partial charge in [-0.05, 0) is 0 Å². The first-order valence-electron chi connectivity index (χ1n) is 16.1. The summed E-state index contributed by atoms with van der Waals surface area (Å²) in [6.07, 6.45) is -5.32. The SMILES string of the molecule is CC1=Cc2c(-c3ccc(OC(F)(F)F)cc3C)cccc2[CH]1[Zr]([Cl])([Cl])([CH]1C(C)=Cc2c(-c3ccc(OC(F)(F)F)cc3C)cccc21)[SiH](C)C. The second-order valence-corrected chi connectivity index (χ2v) is 56.2. The molecule has 2 aliphatic carbocycles. The second kappa shape index (κ2) is 12.7. The predicted octanol–water partition coefficient (Wildman–Crippen LogP) is 13.0. The van der Waals surface area contributed by atoms with Gasteiger partial charge in [0.25, 0.3) is 0 Å². The third kappa shape index (κ3) is 6.44. The number of halogens is 8. The molecule has 0 saturated heterocycles. The Morgan fingerprint density at radius 2 is 0.960 bits per heavy atom. The van der Waals surface area contributed by atoms with Crippen molar-refractivity contribution in [3.63, 3.8) is 0 Å². The molecular weight excluding hydrogens is 793 g/mol. The molecule has 2 nitrogen and oxygen atoms in total. The van der Waals surface area contributed by atoms with Gasteiger partial charge in [0.15, 0.2) is 0 Å². The molecule has 12 heteroatoms. The van der Waals surface area contributed by atoms with Crippen molar-refractivity contribution in [2.24, 2.45) is 0 Å². The fraction of sp³-hybridized carbons (Fsp3) is 0.263. The molecule has 4 aromatic carbocycles. The minimum absolute atomic E-state index is 0.210. The van der Waals surface area contributed by atoms with Crippen LogP contribution in [0.1, 0.15) is 54.5 Å². The Hall–Kier alpha value is -2.78. The summed E-state index contributed by atoms with van der Waals surface area (Å²) >= 11 is -5.06. The van der Waals surface area contributed by atoms with E-state index in [9.17, 15) is 26.3 Å². The van der Waals surface area contributed by atoms with Crippen LogP contribution in [0.4, 0.5) is 26.3 Å². The summed E-state index contributed by atoms with van der Waals surface area (Å²) in [6, 6.07) is 20.7. The van der Waals surface area contributed by atoms with E-state index >= 15 is 0 Å². The van der Waals surface area contributed by atoms with E-state index < -0.39 is 34.2 Å². The predicted molar refractivity (Wildman–Crippen MR) is 190 cm³/mol. The average molecular weight is 828 g/mol. The summed E-state index contributed by atoms with van der Waals surface area (Å²) in [6.45, 7) is 12.1. The van der Waals surface area contributed by atoms with E-state index in [4.69, 9.17) is 17.0 Å². The van der Waals surface area contributed by atoms with Crippen molar-refractivity contribution in [2.75, 3.05) is 0 Å². The Bertz CT molecular complexity index is 1950. The Morgan fingerprint density at radius 3 is 1.28 bits per heavy atom. The number of hydrogen-bond acceptors (Lipinski definition) is 2. The van der Waals surface area contributed by atoms with Gasteiger partial charge in [-0.2, -0.15) is 0 Å². The first kappa shape index (κ1) is 37.0. The van der Waals surface area contributed by atoms with Gasteiger partial charge in [-0.3, -0.25) is 0 Å². The molecule has 50 heavy (non-hydrogen) atoms. The second-order valence-electron chi connectivity index (χ2n) is 13.7. The van der Waals surface area contributed by atoms with E-state index in [2.05, 4.69) is 60.7 Å². The van der Waals surface area contributed by atoms with Gasteiger partial charge >= 0.3 is 298 Å². The zero-order valence-corrected chi connectivity index (χ0v) is 33.3. The number of aryl methyl sites for hydroxylation is 2. The molecule has 2 unspecified atom stereocenters. The Balaban J connectivity index is 1.46. The van der Waals surface area contributed by atoms with Gasteiger partial charge in [0.1, 0.15) is 0 Å². The summed E-state index contributed by atoms with van der Waals surface area (Å²) in [5.41, 5.74) is 10.7. The topological polar surface area (TPSA) is 18.5 Å². The maximum atomic E-state index is 12.9. The van der Waals surface area contributed by atoms with Gasteiger partial charge < -0.3 is 0 Å². The molecule has 0 fully saturated rings. The molecule has 0 aromatic heterocycles. The van der Waals surface area contributed by atoms with Crippen molar-refractivity contribution in [1.82, 2.24) is 0 Å². The molecule has 0 N–H and O–H groups in total. The van der Waals surface area contributed by atoms with E-state index in [1.807, 2.05) is 24.3 Å². The van der Waals surface area contributed by atoms with Gasteiger partial charge in [0.2, 0.25) is 0 Å². The van der Waals surface area contributed by atoms with E-state index in [1.54, 1.807) is 26.0 Å². The summed E-state index contributed by atoms with van der Waals surface area (Å²) in [4.78, 5) is 0. The number of alkyl halides is 6. The summed E-state index contributed by atoms with van der Waals surface area (Å²) in [5, 5.41) is 0. The van der Waals surface area contributed by atoms with Crippen LogP contribution in [0.2, 0.25) is 13.1 Å². The van der Waals surface area contributed by atoms with Crippen LogP contribution in [-0.4, -0.2) is 18.6 Å². The molecule has 0 bridgehead atoms. The van der Waals surface area contributed by atoms with Crippen LogP contribution in [0.3, 0.4) is 0 Å². The average Bonchev–Trinajstić information content (AvgIpc) is 3.52. The molecule has 0 radical (unpaired) electrons. The van der Waals surface area contributed by atoms with Crippen molar-refractivity contribution >= 4 is 35.1 Å². The number of rotatable bonds is 7. The molecule has 0 aliphatic heterocycles. The van der Waals surface area contributed by atoms with E-state index in [0.29, 0.717) is 11.1 Å². The van der Waals surface area contributed by atoms with Crippen LogP contribution in [0.15, 0.2) is 83.9 Å². The summed E-state index contributed by atoms with van der Waals surface area (Å²) in [7, 11) is 16.6. The summed E-state index contributed by atoms with van der Waals surface area (Å²) < 4.78 is 85.5. The van der Waals surface area contributed by atoms with Gasteiger partial charge in [-0.15, -0.1) is 0 Å². The fourth-order valence-electron chi connectivity index (χ4n) is 8.14. The van der Waals surface area contributed by atoms with E-state index in [0.717, 1.165) is 55.7 Å². The first-order valence-corrected chi connectivity index (χ1v) is 32.4. The van der Waals surface area contributed by atoms with Gasteiger partial charge in [0, 0.05) is 0 Å². The molecule has 6 rings (SSSR count). The van der Waals surface area contributed by atoms with Gasteiger partial charge in [-0.1, -0.05) is 0 Å². The van der Waals surface area contributed by atoms with E-state index in [-0.39, 0.29) is 18.8 Å². The number of hydrogen-bond donors (Lipinski definition) is 0. The standard InChI is InChI=1S/2C18H14F3O.C2H7Si.2ClH.Zr/c2*1-11-8-13-4-3-5-16(17(13)9-11)15-7-6-14(10-12(15)2)22-18(19,20)21;1-3-2;;;/h2*3-10H,1-2H3;3H,1-2H3;2*1H;/q;;;;;+2/p-2. The van der Waals surface area contributed by atoms with Crippen molar-refractivity contribution in [1.29, 1.82) is 0 Å². The molecule has 0 heterocycles. The molecule has 0 saturated carbocycles. The minimum atomic E-state index is -5.06. The van der Waals surface area contributed by atoms with Crippen molar-refractivity contribution in [3.05, 3.63) is 117 Å². The fourth-order valence-corrected chi connectivity index (χ4v) is 41.1. The third-order valence-electron chi connectivity index (χ3n) is 10.2. The molecule has 2 aliphatic rings. The normalized spacial score (nSPS) is 18.3. The van der Waals surface area contributed by atoms with Crippen LogP contribution in [0.5, 0.6) is 11.5 Å². The van der Waals surface area contributed by atoms with Crippen LogP contribution >= 0.6 is 17.0 Å². The monoisotopic (exact) mass is 825 g/mol. The quantitative estimate of drug-likeness (QED) is 0.136. The Morgan fingerprint density at radius 1 is 0.580 bits per heavy atom. The van der Waals surface area contributed by atoms with E-state index in [1.165, 1.54) is 24.3 Å². The zero-order chi connectivity index (χ0) is 36.6. The van der Waals surface area contributed by atoms with Gasteiger partial charge in [-0.25, -0.2) is 0 Å². The van der Waals surface area contributed by atoms with Crippen LogP contribution < -0.4 is 9.47 Å². The molecule has 0 spiro atoms. The molecule has 0 amide bonds. The number of allylic oxidation sites excluding steroid dienone is 2. The van der Waals surface area contributed by atoms with Gasteiger partial charge in [0.05, 0.1) is 0 Å². The number of ether oxygens (including phenoxy) is 2. The first-order chi connectivity index (χ1) is 23.2.